The first kappa shape index (κ1) is 27.9. The largest absolute Gasteiger partial charge is 0.472 e. The molecule has 0 unspecified atom stereocenters. The van der Waals surface area contributed by atoms with Crippen molar-refractivity contribution in [1.82, 2.24) is 24.6 Å². The van der Waals surface area contributed by atoms with Gasteiger partial charge in [0, 0.05) is 44.4 Å². The first-order valence-electron chi connectivity index (χ1n) is 12.5. The number of ether oxygens (including phenoxy) is 2. The number of pyridine rings is 1. The number of hydrogen-bond acceptors (Lipinski definition) is 8. The van der Waals surface area contributed by atoms with Crippen LogP contribution in [0.4, 0.5) is 0 Å². The zero-order valence-electron chi connectivity index (χ0n) is 22.1. The zero-order valence-corrected chi connectivity index (χ0v) is 22.1. The van der Waals surface area contributed by atoms with Crippen molar-refractivity contribution in [2.75, 3.05) is 80.2 Å². The van der Waals surface area contributed by atoms with Crippen molar-refractivity contribution in [3.05, 3.63) is 23.4 Å². The summed E-state index contributed by atoms with van der Waals surface area (Å²) in [6.07, 6.45) is 1.22. The highest BCUT2D eigenvalue weighted by atomic mass is 16.5. The maximum atomic E-state index is 13.5. The third-order valence-corrected chi connectivity index (χ3v) is 6.49. The molecule has 0 radical (unpaired) electrons. The summed E-state index contributed by atoms with van der Waals surface area (Å²) < 4.78 is 11.7. The second kappa shape index (κ2) is 13.0. The van der Waals surface area contributed by atoms with E-state index in [0.29, 0.717) is 50.5 Å². The van der Waals surface area contributed by atoms with E-state index in [4.69, 9.17) is 9.47 Å². The van der Waals surface area contributed by atoms with Crippen molar-refractivity contribution in [2.45, 2.75) is 26.0 Å². The minimum absolute atomic E-state index is 0.00566. The van der Waals surface area contributed by atoms with E-state index in [0.717, 1.165) is 13.1 Å². The van der Waals surface area contributed by atoms with Crippen molar-refractivity contribution in [3.63, 3.8) is 0 Å². The lowest BCUT2D eigenvalue weighted by Gasteiger charge is -2.38. The fraction of sp³-hybridized carbons (Fsp3) is 0.654. The van der Waals surface area contributed by atoms with Crippen LogP contribution in [0.3, 0.4) is 0 Å². The van der Waals surface area contributed by atoms with Gasteiger partial charge in [-0.3, -0.25) is 19.4 Å². The Hall–Kier alpha value is -2.71. The molecular weight excluding hydrogens is 462 g/mol. The molecule has 3 heterocycles. The fourth-order valence-corrected chi connectivity index (χ4v) is 4.13. The summed E-state index contributed by atoms with van der Waals surface area (Å²) in [5.41, 5.74) is 0.929. The van der Waals surface area contributed by atoms with Crippen LogP contribution in [0.1, 0.15) is 29.8 Å². The summed E-state index contributed by atoms with van der Waals surface area (Å²) >= 11 is 0. The molecule has 10 nitrogen and oxygen atoms in total. The van der Waals surface area contributed by atoms with Crippen molar-refractivity contribution < 1.29 is 24.2 Å². The van der Waals surface area contributed by atoms with Gasteiger partial charge in [-0.15, -0.1) is 0 Å². The number of aromatic nitrogens is 1. The molecule has 10 heteroatoms. The molecule has 1 aromatic heterocycles. The van der Waals surface area contributed by atoms with Gasteiger partial charge in [0.2, 0.25) is 11.8 Å². The molecule has 3 rings (SSSR count). The van der Waals surface area contributed by atoms with Gasteiger partial charge in [-0.2, -0.15) is 0 Å². The normalized spacial score (nSPS) is 21.5. The maximum absolute atomic E-state index is 13.5. The number of carbonyl (C=O) groups excluding carboxylic acids is 2. The first-order chi connectivity index (χ1) is 17.2. The van der Waals surface area contributed by atoms with Crippen molar-refractivity contribution in [1.29, 1.82) is 0 Å². The summed E-state index contributed by atoms with van der Waals surface area (Å²) in [4.78, 5) is 38.2. The maximum Gasteiger partial charge on any atom is 0.259 e. The SMILES string of the molecule is C[C@@H]1CN([C@H](C)CO)C(=O)c2cc(C#CCN(C)C)cnc2O[C@H]1CN(C)C(=O)CN1CCOCC1. The monoisotopic (exact) mass is 501 g/mol. The third-order valence-electron chi connectivity index (χ3n) is 6.49. The van der Waals surface area contributed by atoms with Gasteiger partial charge in [0.15, 0.2) is 0 Å². The molecule has 0 saturated carbocycles. The van der Waals surface area contributed by atoms with Crippen LogP contribution in [0, 0.1) is 17.8 Å². The van der Waals surface area contributed by atoms with E-state index < -0.39 is 0 Å². The number of morpholine rings is 1. The van der Waals surface area contributed by atoms with E-state index in [2.05, 4.69) is 21.7 Å². The number of amides is 2. The van der Waals surface area contributed by atoms with Crippen molar-refractivity contribution in [2.24, 2.45) is 5.92 Å². The van der Waals surface area contributed by atoms with E-state index in [1.807, 2.05) is 32.8 Å². The highest BCUT2D eigenvalue weighted by molar-refractivity contribution is 5.97. The molecule has 1 N–H and O–H groups in total. The van der Waals surface area contributed by atoms with Crippen LogP contribution in [0.2, 0.25) is 0 Å². The Morgan fingerprint density at radius 1 is 1.31 bits per heavy atom. The molecule has 36 heavy (non-hydrogen) atoms. The van der Waals surface area contributed by atoms with Gasteiger partial charge >= 0.3 is 0 Å². The van der Waals surface area contributed by atoms with Crippen LogP contribution >= 0.6 is 0 Å². The molecule has 0 aromatic carbocycles. The van der Waals surface area contributed by atoms with Crippen molar-refractivity contribution >= 4 is 11.8 Å². The number of carbonyl (C=O) groups is 2. The molecular formula is C26H39N5O5. The van der Waals surface area contributed by atoms with Gasteiger partial charge in [0.25, 0.3) is 5.91 Å². The zero-order chi connectivity index (χ0) is 26.2. The van der Waals surface area contributed by atoms with Crippen LogP contribution in [0.25, 0.3) is 0 Å². The third kappa shape index (κ3) is 7.40. The number of nitrogens with zero attached hydrogens (tertiary/aromatic N) is 5. The molecule has 0 aliphatic carbocycles. The lowest BCUT2D eigenvalue weighted by Crippen LogP contribution is -2.51. The van der Waals surface area contributed by atoms with Crippen LogP contribution in [-0.2, 0) is 9.53 Å². The number of aliphatic hydroxyl groups is 1. The summed E-state index contributed by atoms with van der Waals surface area (Å²) in [6, 6.07) is 1.32. The van der Waals surface area contributed by atoms with Gasteiger partial charge < -0.3 is 24.4 Å². The van der Waals surface area contributed by atoms with E-state index in [9.17, 15) is 14.7 Å². The predicted molar refractivity (Wildman–Crippen MR) is 136 cm³/mol. The number of aliphatic hydroxyl groups excluding tert-OH is 1. The molecule has 0 bridgehead atoms. The summed E-state index contributed by atoms with van der Waals surface area (Å²) in [5.74, 6) is 5.98. The van der Waals surface area contributed by atoms with Gasteiger partial charge in [-0.25, -0.2) is 4.98 Å². The van der Waals surface area contributed by atoms with Crippen LogP contribution in [0.5, 0.6) is 5.88 Å². The van der Waals surface area contributed by atoms with Crippen LogP contribution < -0.4 is 4.74 Å². The Labute approximate surface area is 214 Å². The fourth-order valence-electron chi connectivity index (χ4n) is 4.13. The highest BCUT2D eigenvalue weighted by Gasteiger charge is 2.34. The lowest BCUT2D eigenvalue weighted by molar-refractivity contribution is -0.133. The molecule has 2 amide bonds. The van der Waals surface area contributed by atoms with Crippen molar-refractivity contribution in [3.8, 4) is 17.7 Å². The molecule has 2 aliphatic rings. The summed E-state index contributed by atoms with van der Waals surface area (Å²) in [5, 5.41) is 9.83. The second-order valence-electron chi connectivity index (χ2n) is 9.90. The molecule has 1 aromatic rings. The van der Waals surface area contributed by atoms with Crippen LogP contribution in [0.15, 0.2) is 12.3 Å². The Morgan fingerprint density at radius 3 is 2.69 bits per heavy atom. The lowest BCUT2D eigenvalue weighted by atomic mass is 10.00. The standard InChI is InChI=1S/C26H39N5O5/c1-19-15-31(20(2)18-32)26(34)22-13-21(7-6-8-28(3)4)14-27-25(22)36-23(19)16-29(5)24(33)17-30-9-11-35-12-10-30/h13-14,19-20,23,32H,8-12,15-18H2,1-5H3/t19-,20-,23+/m1/s1. The topological polar surface area (TPSA) is 98.7 Å². The Kier molecular flexibility index (Phi) is 10.1. The Balaban J connectivity index is 1.83. The van der Waals surface area contributed by atoms with Crippen LogP contribution in [-0.4, -0.2) is 134 Å². The predicted octanol–water partition coefficient (Wildman–Crippen LogP) is 0.00540. The number of fused-ring (bicyclic) bond motifs is 1. The Morgan fingerprint density at radius 2 is 2.03 bits per heavy atom. The molecule has 2 aliphatic heterocycles. The Bertz CT molecular complexity index is 969. The summed E-state index contributed by atoms with van der Waals surface area (Å²) in [6.45, 7) is 8.04. The average Bonchev–Trinajstić information content (AvgIpc) is 2.86. The van der Waals surface area contributed by atoms with Gasteiger partial charge in [-0.1, -0.05) is 18.8 Å². The smallest absolute Gasteiger partial charge is 0.259 e. The number of likely N-dealkylation sites (N-methyl/N-ethyl adjacent to an activating group) is 1. The second-order valence-corrected chi connectivity index (χ2v) is 9.90. The number of hydrogen-bond donors (Lipinski definition) is 1. The van der Waals surface area contributed by atoms with E-state index in [-0.39, 0.29) is 42.4 Å². The number of rotatable bonds is 7. The van der Waals surface area contributed by atoms with Gasteiger partial charge in [0.05, 0.1) is 45.5 Å². The summed E-state index contributed by atoms with van der Waals surface area (Å²) in [7, 11) is 5.64. The van der Waals surface area contributed by atoms with E-state index in [1.165, 1.54) is 0 Å². The van der Waals surface area contributed by atoms with E-state index in [1.54, 1.807) is 29.1 Å². The molecule has 1 fully saturated rings. The quantitative estimate of drug-likeness (QED) is 0.522. The van der Waals surface area contributed by atoms with Gasteiger partial charge in [-0.05, 0) is 27.1 Å². The van der Waals surface area contributed by atoms with Gasteiger partial charge in [0.1, 0.15) is 11.7 Å². The minimum atomic E-state index is -0.387. The van der Waals surface area contributed by atoms with E-state index >= 15 is 0 Å². The molecule has 0 spiro atoms. The molecule has 198 valence electrons. The molecule has 1 saturated heterocycles. The minimum Gasteiger partial charge on any atom is -0.472 e. The highest BCUT2D eigenvalue weighted by Crippen LogP contribution is 2.27. The average molecular weight is 502 g/mol. The molecule has 3 atom stereocenters. The first-order valence-corrected chi connectivity index (χ1v) is 12.5.